The van der Waals surface area contributed by atoms with Gasteiger partial charge in [-0.3, -0.25) is 20.4 Å². The van der Waals surface area contributed by atoms with E-state index in [4.69, 9.17) is 9.47 Å². The van der Waals surface area contributed by atoms with Crippen molar-refractivity contribution < 1.29 is 19.1 Å². The Kier molecular flexibility index (Phi) is 5.16. The molecule has 6 nitrogen and oxygen atoms in total. The van der Waals surface area contributed by atoms with Crippen LogP contribution in [0.25, 0.3) is 0 Å². The van der Waals surface area contributed by atoms with Crippen LogP contribution in [0.3, 0.4) is 0 Å². The smallest absolute Gasteiger partial charge is 0.276 e. The summed E-state index contributed by atoms with van der Waals surface area (Å²) < 4.78 is 11.3. The fourth-order valence-electron chi connectivity index (χ4n) is 3.29. The summed E-state index contributed by atoms with van der Waals surface area (Å²) in [5.74, 6) is 0.458. The number of benzene rings is 3. The lowest BCUT2D eigenvalue weighted by molar-refractivity contribution is -0.130. The van der Waals surface area contributed by atoms with E-state index in [0.29, 0.717) is 17.2 Å². The first-order valence-corrected chi connectivity index (χ1v) is 9.25. The van der Waals surface area contributed by atoms with Gasteiger partial charge in [0, 0.05) is 11.1 Å². The Morgan fingerprint density at radius 3 is 2.21 bits per heavy atom. The molecule has 2 N–H and O–H groups in total. The maximum atomic E-state index is 12.9. The second-order valence-corrected chi connectivity index (χ2v) is 6.75. The SMILES string of the molecule is Cc1cccc(OCC(=O)NNC(=O)C2c3ccccc3Oc3ccccc32)c1. The number of amides is 2. The number of hydrogen-bond donors (Lipinski definition) is 2. The Balaban J connectivity index is 1.43. The van der Waals surface area contributed by atoms with Crippen LogP contribution >= 0.6 is 0 Å². The zero-order valence-electron chi connectivity index (χ0n) is 15.8. The molecule has 3 aromatic rings. The van der Waals surface area contributed by atoms with E-state index in [0.717, 1.165) is 16.7 Å². The fraction of sp³-hybridized carbons (Fsp3) is 0.130. The predicted molar refractivity (Wildman–Crippen MR) is 108 cm³/mol. The maximum absolute atomic E-state index is 12.9. The minimum atomic E-state index is -0.589. The van der Waals surface area contributed by atoms with Crippen molar-refractivity contribution in [2.45, 2.75) is 12.8 Å². The van der Waals surface area contributed by atoms with Crippen LogP contribution in [0.1, 0.15) is 22.6 Å². The standard InChI is InChI=1S/C23H20N2O4/c1-15-7-6-8-16(13-15)28-14-21(26)24-25-23(27)22-17-9-2-4-11-19(17)29-20-12-5-3-10-18(20)22/h2-13,22H,14H2,1H3,(H,24,26)(H,25,27). The highest BCUT2D eigenvalue weighted by Gasteiger charge is 2.32. The largest absolute Gasteiger partial charge is 0.484 e. The third-order valence-electron chi connectivity index (χ3n) is 4.63. The Hall–Kier alpha value is -3.80. The molecular weight excluding hydrogens is 368 g/mol. The average molecular weight is 388 g/mol. The van der Waals surface area contributed by atoms with Crippen LogP contribution in [-0.4, -0.2) is 18.4 Å². The second-order valence-electron chi connectivity index (χ2n) is 6.75. The fourth-order valence-corrected chi connectivity index (χ4v) is 3.29. The first kappa shape index (κ1) is 18.6. The van der Waals surface area contributed by atoms with Crippen molar-refractivity contribution in [2.75, 3.05) is 6.61 Å². The topological polar surface area (TPSA) is 76.7 Å². The molecule has 2 amide bonds. The number of nitrogens with one attached hydrogen (secondary N) is 2. The van der Waals surface area contributed by atoms with Gasteiger partial charge < -0.3 is 9.47 Å². The van der Waals surface area contributed by atoms with Gasteiger partial charge in [0.25, 0.3) is 11.8 Å². The molecule has 0 radical (unpaired) electrons. The zero-order valence-corrected chi connectivity index (χ0v) is 15.8. The second kappa shape index (κ2) is 8.06. The maximum Gasteiger partial charge on any atom is 0.276 e. The highest BCUT2D eigenvalue weighted by Crippen LogP contribution is 2.43. The predicted octanol–water partition coefficient (Wildman–Crippen LogP) is 3.46. The van der Waals surface area contributed by atoms with Gasteiger partial charge >= 0.3 is 0 Å². The number of carbonyl (C=O) groups excluding carboxylic acids is 2. The number of fused-ring (bicyclic) bond motifs is 2. The van der Waals surface area contributed by atoms with Crippen LogP contribution in [0, 0.1) is 6.92 Å². The van der Waals surface area contributed by atoms with Crippen LogP contribution in [-0.2, 0) is 9.59 Å². The van der Waals surface area contributed by atoms with Crippen LogP contribution in [0.4, 0.5) is 0 Å². The minimum absolute atomic E-state index is 0.204. The van der Waals surface area contributed by atoms with Crippen molar-refractivity contribution in [3.63, 3.8) is 0 Å². The lowest BCUT2D eigenvalue weighted by Gasteiger charge is -2.27. The number of aryl methyl sites for hydroxylation is 1. The molecule has 1 heterocycles. The quantitative estimate of drug-likeness (QED) is 0.671. The molecule has 0 aromatic heterocycles. The molecule has 29 heavy (non-hydrogen) atoms. The lowest BCUT2D eigenvalue weighted by atomic mass is 9.87. The number of rotatable bonds is 4. The van der Waals surface area contributed by atoms with Crippen molar-refractivity contribution in [3.05, 3.63) is 89.5 Å². The molecule has 4 rings (SSSR count). The number of ether oxygens (including phenoxy) is 2. The molecule has 1 aliphatic rings. The first-order valence-electron chi connectivity index (χ1n) is 9.25. The van der Waals surface area contributed by atoms with Gasteiger partial charge in [0.1, 0.15) is 17.2 Å². The molecule has 0 spiro atoms. The van der Waals surface area contributed by atoms with Crippen LogP contribution in [0.15, 0.2) is 72.8 Å². The van der Waals surface area contributed by atoms with Crippen molar-refractivity contribution in [2.24, 2.45) is 0 Å². The Morgan fingerprint density at radius 1 is 0.897 bits per heavy atom. The van der Waals surface area contributed by atoms with Crippen LogP contribution in [0.2, 0.25) is 0 Å². The normalized spacial score (nSPS) is 12.2. The number of hydrazine groups is 1. The Labute approximate surface area is 168 Å². The van der Waals surface area contributed by atoms with Crippen LogP contribution < -0.4 is 20.3 Å². The third-order valence-corrected chi connectivity index (χ3v) is 4.63. The molecular formula is C23H20N2O4. The minimum Gasteiger partial charge on any atom is -0.484 e. The van der Waals surface area contributed by atoms with Gasteiger partial charge in [-0.05, 0) is 36.8 Å². The van der Waals surface area contributed by atoms with Gasteiger partial charge in [-0.2, -0.15) is 0 Å². The average Bonchev–Trinajstić information content (AvgIpc) is 2.74. The number of hydrogen-bond acceptors (Lipinski definition) is 4. The summed E-state index contributed by atoms with van der Waals surface area (Å²) in [5.41, 5.74) is 7.45. The summed E-state index contributed by atoms with van der Waals surface area (Å²) in [6, 6.07) is 22.1. The number of carbonyl (C=O) groups is 2. The summed E-state index contributed by atoms with van der Waals surface area (Å²) in [5, 5.41) is 0. The summed E-state index contributed by atoms with van der Waals surface area (Å²) in [6.45, 7) is 1.74. The van der Waals surface area contributed by atoms with Gasteiger partial charge in [-0.15, -0.1) is 0 Å². The van der Waals surface area contributed by atoms with Gasteiger partial charge in [0.05, 0.1) is 5.92 Å². The van der Waals surface area contributed by atoms with Gasteiger partial charge in [-0.1, -0.05) is 48.5 Å². The number of para-hydroxylation sites is 2. The first-order chi connectivity index (χ1) is 14.1. The molecule has 1 aliphatic heterocycles. The van der Waals surface area contributed by atoms with Crippen molar-refractivity contribution in [1.29, 1.82) is 0 Å². The van der Waals surface area contributed by atoms with E-state index in [1.165, 1.54) is 0 Å². The molecule has 3 aromatic carbocycles. The molecule has 6 heteroatoms. The highest BCUT2D eigenvalue weighted by atomic mass is 16.5. The summed E-state index contributed by atoms with van der Waals surface area (Å²) in [7, 11) is 0. The molecule has 0 atom stereocenters. The molecule has 0 aliphatic carbocycles. The van der Waals surface area contributed by atoms with Gasteiger partial charge in [0.15, 0.2) is 6.61 Å². The van der Waals surface area contributed by atoms with E-state index < -0.39 is 11.8 Å². The van der Waals surface area contributed by atoms with Crippen molar-refractivity contribution >= 4 is 11.8 Å². The summed E-state index contributed by atoms with van der Waals surface area (Å²) in [6.07, 6.45) is 0. The Bertz CT molecular complexity index is 1020. The molecule has 146 valence electrons. The van der Waals surface area contributed by atoms with E-state index in [1.807, 2.05) is 73.7 Å². The summed E-state index contributed by atoms with van der Waals surface area (Å²) >= 11 is 0. The van der Waals surface area contributed by atoms with Crippen LogP contribution in [0.5, 0.6) is 17.2 Å². The molecule has 0 fully saturated rings. The highest BCUT2D eigenvalue weighted by molar-refractivity contribution is 5.91. The van der Waals surface area contributed by atoms with E-state index in [9.17, 15) is 9.59 Å². The van der Waals surface area contributed by atoms with Gasteiger partial charge in [-0.25, -0.2) is 0 Å². The molecule has 0 bridgehead atoms. The summed E-state index contributed by atoms with van der Waals surface area (Å²) in [4.78, 5) is 25.0. The molecule has 0 saturated heterocycles. The molecule has 0 unspecified atom stereocenters. The van der Waals surface area contributed by atoms with Crippen molar-refractivity contribution in [3.8, 4) is 17.2 Å². The van der Waals surface area contributed by atoms with Crippen molar-refractivity contribution in [1.82, 2.24) is 10.9 Å². The monoisotopic (exact) mass is 388 g/mol. The van der Waals surface area contributed by atoms with E-state index in [1.54, 1.807) is 6.07 Å². The third kappa shape index (κ3) is 4.06. The van der Waals surface area contributed by atoms with E-state index >= 15 is 0 Å². The van der Waals surface area contributed by atoms with E-state index in [2.05, 4.69) is 10.9 Å². The van der Waals surface area contributed by atoms with E-state index in [-0.39, 0.29) is 12.5 Å². The molecule has 0 saturated carbocycles. The zero-order chi connectivity index (χ0) is 20.2. The lowest BCUT2D eigenvalue weighted by Crippen LogP contribution is -2.46. The van der Waals surface area contributed by atoms with Gasteiger partial charge in [0.2, 0.25) is 0 Å². The Morgan fingerprint density at radius 2 is 1.55 bits per heavy atom.